The number of hydrogen-bond acceptors (Lipinski definition) is 6. The molecule has 1 unspecified atom stereocenters. The molecule has 0 fully saturated rings. The van der Waals surface area contributed by atoms with Crippen molar-refractivity contribution in [3.8, 4) is 11.8 Å². The lowest BCUT2D eigenvalue weighted by atomic mass is 10.2. The van der Waals surface area contributed by atoms with Crippen LogP contribution >= 0.6 is 0 Å². The SMILES string of the molecule is COC1C#CCOC(=O)CCCCCOC(=O)OCCC1. The maximum absolute atomic E-state index is 11.4. The lowest BCUT2D eigenvalue weighted by Crippen LogP contribution is -2.12. The number of cyclic esters (lactones) is 3. The molecular formula is C15H22O6. The molecule has 0 saturated heterocycles. The molecule has 0 aromatic carbocycles. The molecule has 0 radical (unpaired) electrons. The second-order valence-corrected chi connectivity index (χ2v) is 4.61. The van der Waals surface area contributed by atoms with E-state index in [1.807, 2.05) is 0 Å². The first-order chi connectivity index (χ1) is 10.2. The van der Waals surface area contributed by atoms with Crippen LogP contribution in [0, 0.1) is 11.8 Å². The van der Waals surface area contributed by atoms with E-state index >= 15 is 0 Å². The monoisotopic (exact) mass is 298 g/mol. The van der Waals surface area contributed by atoms with Gasteiger partial charge in [0, 0.05) is 13.5 Å². The number of hydrogen-bond donors (Lipinski definition) is 0. The maximum Gasteiger partial charge on any atom is 0.508 e. The molecule has 6 heteroatoms. The Balaban J connectivity index is 2.44. The second-order valence-electron chi connectivity index (χ2n) is 4.61. The minimum atomic E-state index is -0.654. The van der Waals surface area contributed by atoms with Crippen molar-refractivity contribution in [1.29, 1.82) is 0 Å². The van der Waals surface area contributed by atoms with Crippen molar-refractivity contribution < 1.29 is 28.5 Å². The van der Waals surface area contributed by atoms with Gasteiger partial charge in [0.2, 0.25) is 0 Å². The Kier molecular flexibility index (Phi) is 9.05. The molecule has 0 aliphatic carbocycles. The predicted molar refractivity (Wildman–Crippen MR) is 74.5 cm³/mol. The highest BCUT2D eigenvalue weighted by Crippen LogP contribution is 2.04. The third-order valence-electron chi connectivity index (χ3n) is 2.93. The van der Waals surface area contributed by atoms with E-state index in [0.717, 1.165) is 6.42 Å². The van der Waals surface area contributed by atoms with Gasteiger partial charge in [-0.2, -0.15) is 0 Å². The minimum Gasteiger partial charge on any atom is -0.452 e. The summed E-state index contributed by atoms with van der Waals surface area (Å²) in [7, 11) is 1.56. The zero-order valence-electron chi connectivity index (χ0n) is 12.4. The predicted octanol–water partition coefficient (Wildman–Crippen LogP) is 2.06. The summed E-state index contributed by atoms with van der Waals surface area (Å²) in [5.74, 6) is 5.38. The van der Waals surface area contributed by atoms with Gasteiger partial charge in [0.15, 0.2) is 6.61 Å². The fourth-order valence-corrected chi connectivity index (χ4v) is 1.76. The molecule has 0 N–H and O–H groups in total. The van der Waals surface area contributed by atoms with Crippen LogP contribution in [0.15, 0.2) is 0 Å². The molecule has 0 aromatic heterocycles. The highest BCUT2D eigenvalue weighted by atomic mass is 16.7. The van der Waals surface area contributed by atoms with Gasteiger partial charge in [-0.05, 0) is 32.1 Å². The van der Waals surface area contributed by atoms with E-state index < -0.39 is 6.16 Å². The van der Waals surface area contributed by atoms with Crippen LogP contribution in [0.1, 0.15) is 38.5 Å². The maximum atomic E-state index is 11.4. The molecule has 6 nitrogen and oxygen atoms in total. The third-order valence-corrected chi connectivity index (χ3v) is 2.93. The van der Waals surface area contributed by atoms with E-state index in [9.17, 15) is 9.59 Å². The summed E-state index contributed by atoms with van der Waals surface area (Å²) < 4.78 is 20.0. The molecule has 1 aliphatic rings. The van der Waals surface area contributed by atoms with Crippen molar-refractivity contribution in [1.82, 2.24) is 0 Å². The first-order valence-electron chi connectivity index (χ1n) is 7.18. The lowest BCUT2D eigenvalue weighted by Gasteiger charge is -2.09. The van der Waals surface area contributed by atoms with Gasteiger partial charge in [0.25, 0.3) is 0 Å². The van der Waals surface area contributed by atoms with Gasteiger partial charge in [0.1, 0.15) is 6.10 Å². The van der Waals surface area contributed by atoms with Crippen LogP contribution in [0.25, 0.3) is 0 Å². The van der Waals surface area contributed by atoms with Gasteiger partial charge in [-0.3, -0.25) is 4.79 Å². The smallest absolute Gasteiger partial charge is 0.452 e. The standard InChI is InChI=1S/C15H22O6/c1-18-13-7-5-11-19-14(16)9-3-2-4-10-20-15(17)21-12-6-8-13/h13H,2-4,6,8-12H2,1H3. The van der Waals surface area contributed by atoms with E-state index in [0.29, 0.717) is 38.7 Å². The fourth-order valence-electron chi connectivity index (χ4n) is 1.76. The summed E-state index contributed by atoms with van der Waals surface area (Å²) in [4.78, 5) is 22.7. The van der Waals surface area contributed by atoms with Crippen LogP contribution in [0.2, 0.25) is 0 Å². The number of rotatable bonds is 1. The molecule has 118 valence electrons. The van der Waals surface area contributed by atoms with Crippen LogP contribution in [0.4, 0.5) is 4.79 Å². The number of ether oxygens (including phenoxy) is 4. The molecule has 0 bridgehead atoms. The zero-order valence-corrected chi connectivity index (χ0v) is 12.4. The number of carbonyl (C=O) groups excluding carboxylic acids is 2. The van der Waals surface area contributed by atoms with E-state index in [1.54, 1.807) is 7.11 Å². The first kappa shape index (κ1) is 17.3. The highest BCUT2D eigenvalue weighted by molar-refractivity contribution is 5.69. The van der Waals surface area contributed by atoms with E-state index in [1.165, 1.54) is 0 Å². The molecule has 1 aliphatic heterocycles. The van der Waals surface area contributed by atoms with Crippen LogP contribution in [0.3, 0.4) is 0 Å². The highest BCUT2D eigenvalue weighted by Gasteiger charge is 2.07. The fraction of sp³-hybridized carbons (Fsp3) is 0.733. The zero-order chi connectivity index (χ0) is 15.3. The molecule has 0 amide bonds. The van der Waals surface area contributed by atoms with Crippen molar-refractivity contribution in [3.05, 3.63) is 0 Å². The molecule has 0 saturated carbocycles. The minimum absolute atomic E-state index is 0.0801. The average molecular weight is 298 g/mol. The van der Waals surface area contributed by atoms with Crippen LogP contribution in [0.5, 0.6) is 0 Å². The van der Waals surface area contributed by atoms with Crippen molar-refractivity contribution in [2.45, 2.75) is 44.6 Å². The first-order valence-corrected chi connectivity index (χ1v) is 7.18. The Morgan fingerprint density at radius 3 is 2.57 bits per heavy atom. The summed E-state index contributed by atoms with van der Waals surface area (Å²) in [5, 5.41) is 0. The summed E-state index contributed by atoms with van der Waals surface area (Å²) >= 11 is 0. The summed E-state index contributed by atoms with van der Waals surface area (Å²) in [6.07, 6.45) is 2.88. The van der Waals surface area contributed by atoms with Crippen LogP contribution in [-0.4, -0.2) is 45.2 Å². The molecule has 1 atom stereocenters. The number of esters is 1. The Morgan fingerprint density at radius 1 is 1.05 bits per heavy atom. The summed E-state index contributed by atoms with van der Waals surface area (Å²) in [6, 6.07) is 0. The Bertz CT molecular complexity index is 381. The topological polar surface area (TPSA) is 71.1 Å². The van der Waals surface area contributed by atoms with Crippen LogP contribution < -0.4 is 0 Å². The van der Waals surface area contributed by atoms with Gasteiger partial charge < -0.3 is 18.9 Å². The third kappa shape index (κ3) is 8.92. The van der Waals surface area contributed by atoms with Gasteiger partial charge >= 0.3 is 12.1 Å². The van der Waals surface area contributed by atoms with E-state index in [2.05, 4.69) is 11.8 Å². The summed E-state index contributed by atoms with van der Waals surface area (Å²) in [6.45, 7) is 0.657. The quantitative estimate of drug-likeness (QED) is 0.545. The van der Waals surface area contributed by atoms with Gasteiger partial charge in [-0.15, -0.1) is 0 Å². The normalized spacial score (nSPS) is 22.8. The molecule has 0 aromatic rings. The molecule has 1 heterocycles. The molecular weight excluding hydrogens is 276 g/mol. The van der Waals surface area contributed by atoms with Gasteiger partial charge in [-0.25, -0.2) is 4.79 Å². The van der Waals surface area contributed by atoms with Gasteiger partial charge in [0.05, 0.1) is 13.2 Å². The largest absolute Gasteiger partial charge is 0.508 e. The number of methoxy groups -OCH3 is 1. The Hall–Kier alpha value is -1.74. The summed E-state index contributed by atoms with van der Waals surface area (Å²) in [5.41, 5.74) is 0. The van der Waals surface area contributed by atoms with Crippen molar-refractivity contribution in [2.75, 3.05) is 26.9 Å². The van der Waals surface area contributed by atoms with Crippen molar-refractivity contribution in [2.24, 2.45) is 0 Å². The Morgan fingerprint density at radius 2 is 1.81 bits per heavy atom. The second kappa shape index (κ2) is 11.0. The molecule has 21 heavy (non-hydrogen) atoms. The lowest BCUT2D eigenvalue weighted by molar-refractivity contribution is -0.142. The van der Waals surface area contributed by atoms with E-state index in [4.69, 9.17) is 18.9 Å². The average Bonchev–Trinajstić information content (AvgIpc) is 2.48. The van der Waals surface area contributed by atoms with E-state index in [-0.39, 0.29) is 25.3 Å². The van der Waals surface area contributed by atoms with Crippen molar-refractivity contribution in [3.63, 3.8) is 0 Å². The number of carbonyl (C=O) groups is 2. The molecule has 1 rings (SSSR count). The van der Waals surface area contributed by atoms with Crippen LogP contribution in [-0.2, 0) is 23.7 Å². The van der Waals surface area contributed by atoms with Gasteiger partial charge in [-0.1, -0.05) is 11.8 Å². The molecule has 0 spiro atoms. The Labute approximate surface area is 125 Å². The van der Waals surface area contributed by atoms with Crippen molar-refractivity contribution >= 4 is 12.1 Å².